The fourth-order valence-corrected chi connectivity index (χ4v) is 4.28. The quantitative estimate of drug-likeness (QED) is 0.451. The first kappa shape index (κ1) is 22.6. The number of alkyl halides is 1. The van der Waals surface area contributed by atoms with Gasteiger partial charge in [-0.2, -0.15) is 0 Å². The van der Waals surface area contributed by atoms with Gasteiger partial charge in [-0.05, 0) is 36.1 Å². The minimum Gasteiger partial charge on any atom is -0.351 e. The summed E-state index contributed by atoms with van der Waals surface area (Å²) in [6, 6.07) is 16.1. The van der Waals surface area contributed by atoms with Crippen LogP contribution in [0.15, 0.2) is 54.6 Å². The van der Waals surface area contributed by atoms with Gasteiger partial charge in [0.15, 0.2) is 0 Å². The lowest BCUT2D eigenvalue weighted by atomic mass is 10.0. The van der Waals surface area contributed by atoms with Crippen LogP contribution in [0.25, 0.3) is 0 Å². The molecule has 0 radical (unpaired) electrons. The molecule has 160 valence electrons. The molecular weight excluding hydrogens is 419 g/mol. The number of rotatable bonds is 7. The fourth-order valence-electron chi connectivity index (χ4n) is 4.00. The van der Waals surface area contributed by atoms with Crippen molar-refractivity contribution in [2.75, 3.05) is 5.88 Å². The molecule has 0 aromatic heterocycles. The summed E-state index contributed by atoms with van der Waals surface area (Å²) in [5.41, 5.74) is 1.66. The van der Waals surface area contributed by atoms with Gasteiger partial charge in [-0.15, -0.1) is 11.6 Å². The van der Waals surface area contributed by atoms with E-state index in [0.717, 1.165) is 36.8 Å². The van der Waals surface area contributed by atoms with Crippen molar-refractivity contribution in [3.63, 3.8) is 0 Å². The zero-order valence-electron chi connectivity index (χ0n) is 17.0. The van der Waals surface area contributed by atoms with Gasteiger partial charge in [-0.1, -0.05) is 79.7 Å². The number of nitrogens with one attached hydrogen (secondary N) is 1. The molecule has 4 nitrogen and oxygen atoms in total. The normalized spacial score (nSPS) is 15.8. The number of carbonyl (C=O) groups excluding carboxylic acids is 2. The molecule has 1 unspecified atom stereocenters. The maximum atomic E-state index is 13.5. The van der Waals surface area contributed by atoms with E-state index in [1.54, 1.807) is 29.2 Å². The van der Waals surface area contributed by atoms with E-state index in [1.807, 2.05) is 30.3 Å². The molecular formula is C24H28Cl2N2O2. The van der Waals surface area contributed by atoms with Crippen LogP contribution in [0.5, 0.6) is 0 Å². The van der Waals surface area contributed by atoms with Crippen molar-refractivity contribution in [3.8, 4) is 0 Å². The van der Waals surface area contributed by atoms with Crippen molar-refractivity contribution in [3.05, 3.63) is 70.7 Å². The lowest BCUT2D eigenvalue weighted by Crippen LogP contribution is -2.46. The molecule has 0 bridgehead atoms. The van der Waals surface area contributed by atoms with E-state index in [9.17, 15) is 9.59 Å². The highest BCUT2D eigenvalue weighted by atomic mass is 35.5. The molecule has 0 aliphatic heterocycles. The maximum absolute atomic E-state index is 13.5. The van der Waals surface area contributed by atoms with Crippen LogP contribution in [-0.2, 0) is 16.1 Å². The first-order chi connectivity index (χ1) is 14.6. The smallest absolute Gasteiger partial charge is 0.247 e. The molecule has 0 saturated heterocycles. The van der Waals surface area contributed by atoms with E-state index >= 15 is 0 Å². The van der Waals surface area contributed by atoms with Gasteiger partial charge in [0.2, 0.25) is 11.8 Å². The summed E-state index contributed by atoms with van der Waals surface area (Å²) in [6.45, 7) is 0.303. The van der Waals surface area contributed by atoms with E-state index in [0.29, 0.717) is 11.6 Å². The summed E-state index contributed by atoms with van der Waals surface area (Å²) in [5, 5.41) is 3.79. The van der Waals surface area contributed by atoms with Crippen LogP contribution < -0.4 is 5.32 Å². The Kier molecular flexibility index (Phi) is 8.59. The van der Waals surface area contributed by atoms with Crippen molar-refractivity contribution in [2.24, 2.45) is 0 Å². The van der Waals surface area contributed by atoms with Gasteiger partial charge in [0.1, 0.15) is 11.9 Å². The Bertz CT molecular complexity index is 819. The van der Waals surface area contributed by atoms with Crippen LogP contribution in [0.2, 0.25) is 5.02 Å². The molecule has 6 heteroatoms. The molecule has 1 aliphatic carbocycles. The predicted molar refractivity (Wildman–Crippen MR) is 122 cm³/mol. The Hall–Kier alpha value is -2.04. The first-order valence-electron chi connectivity index (χ1n) is 10.5. The van der Waals surface area contributed by atoms with Crippen LogP contribution in [0.3, 0.4) is 0 Å². The molecule has 1 fully saturated rings. The molecule has 2 aromatic carbocycles. The van der Waals surface area contributed by atoms with Gasteiger partial charge in [-0.25, -0.2) is 0 Å². The zero-order chi connectivity index (χ0) is 21.3. The third-order valence-electron chi connectivity index (χ3n) is 5.58. The largest absolute Gasteiger partial charge is 0.351 e. The summed E-state index contributed by atoms with van der Waals surface area (Å²) in [4.78, 5) is 27.9. The lowest BCUT2D eigenvalue weighted by Gasteiger charge is -2.32. The second kappa shape index (κ2) is 11.4. The van der Waals surface area contributed by atoms with Gasteiger partial charge in [0.05, 0.1) is 0 Å². The van der Waals surface area contributed by atoms with Crippen molar-refractivity contribution in [1.29, 1.82) is 0 Å². The zero-order valence-corrected chi connectivity index (χ0v) is 18.5. The molecule has 3 rings (SSSR count). The molecule has 0 heterocycles. The molecule has 1 atom stereocenters. The number of hydrogen-bond acceptors (Lipinski definition) is 2. The van der Waals surface area contributed by atoms with Gasteiger partial charge >= 0.3 is 0 Å². The number of halogens is 2. The molecule has 0 spiro atoms. The highest BCUT2D eigenvalue weighted by Crippen LogP contribution is 2.27. The van der Waals surface area contributed by atoms with E-state index in [1.165, 1.54) is 12.8 Å². The number of amides is 2. The minimum atomic E-state index is -0.767. The Morgan fingerprint density at radius 1 is 0.967 bits per heavy atom. The number of benzene rings is 2. The van der Waals surface area contributed by atoms with Crippen molar-refractivity contribution in [1.82, 2.24) is 10.2 Å². The van der Waals surface area contributed by atoms with Crippen molar-refractivity contribution < 1.29 is 9.59 Å². The van der Waals surface area contributed by atoms with Crippen LogP contribution in [0, 0.1) is 0 Å². The Morgan fingerprint density at radius 2 is 1.60 bits per heavy atom. The van der Waals surface area contributed by atoms with E-state index in [-0.39, 0.29) is 23.7 Å². The molecule has 2 aromatic rings. The Morgan fingerprint density at radius 3 is 2.20 bits per heavy atom. The number of carbonyl (C=O) groups is 2. The summed E-state index contributed by atoms with van der Waals surface area (Å²) >= 11 is 12.0. The van der Waals surface area contributed by atoms with Crippen LogP contribution in [0.1, 0.15) is 55.7 Å². The SMILES string of the molecule is O=C(NC1CCCCCC1)C(c1ccc(Cl)cc1)N(Cc1ccccc1)C(=O)CCl. The van der Waals surface area contributed by atoms with E-state index in [4.69, 9.17) is 23.2 Å². The van der Waals surface area contributed by atoms with Gasteiger partial charge in [0, 0.05) is 17.6 Å². The summed E-state index contributed by atoms with van der Waals surface area (Å²) in [7, 11) is 0. The average Bonchev–Trinajstić information content (AvgIpc) is 3.03. The molecule has 30 heavy (non-hydrogen) atoms. The summed E-state index contributed by atoms with van der Waals surface area (Å²) in [6.07, 6.45) is 6.59. The highest BCUT2D eigenvalue weighted by molar-refractivity contribution is 6.30. The maximum Gasteiger partial charge on any atom is 0.247 e. The second-order valence-corrected chi connectivity index (χ2v) is 8.50. The topological polar surface area (TPSA) is 49.4 Å². The first-order valence-corrected chi connectivity index (χ1v) is 11.4. The van der Waals surface area contributed by atoms with Gasteiger partial charge < -0.3 is 10.2 Å². The standard InChI is InChI=1S/C24H28Cl2N2O2/c25-16-22(29)28(17-18-8-4-3-5-9-18)23(19-12-14-20(26)15-13-19)24(30)27-21-10-6-1-2-7-11-21/h3-5,8-9,12-15,21,23H,1-2,6-7,10-11,16-17H2,(H,27,30). The van der Waals surface area contributed by atoms with Gasteiger partial charge in [0.25, 0.3) is 0 Å². The number of nitrogens with zero attached hydrogens (tertiary/aromatic N) is 1. The van der Waals surface area contributed by atoms with Crippen LogP contribution >= 0.6 is 23.2 Å². The minimum absolute atomic E-state index is 0.138. The highest BCUT2D eigenvalue weighted by Gasteiger charge is 2.32. The summed E-state index contributed by atoms with van der Waals surface area (Å²) < 4.78 is 0. The second-order valence-electron chi connectivity index (χ2n) is 7.79. The third-order valence-corrected chi connectivity index (χ3v) is 6.06. The van der Waals surface area contributed by atoms with Crippen molar-refractivity contribution >= 4 is 35.0 Å². The fraction of sp³-hybridized carbons (Fsp3) is 0.417. The van der Waals surface area contributed by atoms with E-state index < -0.39 is 6.04 Å². The average molecular weight is 447 g/mol. The third kappa shape index (κ3) is 6.23. The molecule has 2 amide bonds. The van der Waals surface area contributed by atoms with Crippen molar-refractivity contribution in [2.45, 2.75) is 57.2 Å². The van der Waals surface area contributed by atoms with Crippen LogP contribution in [-0.4, -0.2) is 28.6 Å². The molecule has 1 aliphatic rings. The monoisotopic (exact) mass is 446 g/mol. The predicted octanol–water partition coefficient (Wildman–Crippen LogP) is 5.49. The molecule has 1 saturated carbocycles. The van der Waals surface area contributed by atoms with Gasteiger partial charge in [-0.3, -0.25) is 9.59 Å². The Balaban J connectivity index is 1.91. The lowest BCUT2D eigenvalue weighted by molar-refractivity contribution is -0.140. The summed E-state index contributed by atoms with van der Waals surface area (Å²) in [5.74, 6) is -0.636. The molecule has 1 N–H and O–H groups in total. The Labute approximate surface area is 188 Å². The van der Waals surface area contributed by atoms with E-state index in [2.05, 4.69) is 5.32 Å². The van der Waals surface area contributed by atoms with Crippen LogP contribution in [0.4, 0.5) is 0 Å². The number of hydrogen-bond donors (Lipinski definition) is 1.